The predicted octanol–water partition coefficient (Wildman–Crippen LogP) is 8.88. The van der Waals surface area contributed by atoms with E-state index < -0.39 is 20.8 Å². The van der Waals surface area contributed by atoms with Gasteiger partial charge in [0.2, 0.25) is 0 Å². The fraction of sp³-hybridized carbons (Fsp3) is 0.400. The van der Waals surface area contributed by atoms with E-state index in [0.29, 0.717) is 11.8 Å². The maximum atomic E-state index is 4.93. The van der Waals surface area contributed by atoms with E-state index in [1.165, 1.54) is 45.0 Å². The molecule has 28 heavy (non-hydrogen) atoms. The Balaban J connectivity index is 0.000000878. The quantitative estimate of drug-likeness (QED) is 0.301. The molecule has 3 aromatic rings. The molecule has 150 valence electrons. The molecule has 0 aliphatic heterocycles. The summed E-state index contributed by atoms with van der Waals surface area (Å²) >= 11 is -0.826. The van der Waals surface area contributed by atoms with Crippen LogP contribution in [0.25, 0.3) is 21.9 Å². The summed E-state index contributed by atoms with van der Waals surface area (Å²) in [5.74, 6) is 1.23. The Morgan fingerprint density at radius 3 is 2.29 bits per heavy atom. The number of benzene rings is 2. The zero-order valence-electron chi connectivity index (χ0n) is 17.7. The zero-order chi connectivity index (χ0) is 20.7. The monoisotopic (exact) mass is 491 g/mol. The van der Waals surface area contributed by atoms with Crippen LogP contribution in [0.5, 0.6) is 0 Å². The molecule has 0 nitrogen and oxygen atoms in total. The van der Waals surface area contributed by atoms with Crippen molar-refractivity contribution in [3.05, 3.63) is 65.2 Å². The van der Waals surface area contributed by atoms with Gasteiger partial charge in [0, 0.05) is 0 Å². The molecule has 0 spiro atoms. The van der Waals surface area contributed by atoms with Crippen molar-refractivity contribution in [3.63, 3.8) is 0 Å². The van der Waals surface area contributed by atoms with Crippen LogP contribution in [0.4, 0.5) is 0 Å². The van der Waals surface area contributed by atoms with Gasteiger partial charge in [-0.3, -0.25) is 0 Å². The molecule has 0 fully saturated rings. The standard InChI is InChI=1S/C25H31.2ClH.Zr/c1-6-9-20-12-13-21-15-19(14-17(2)3)16-24(21)25(20)23-11-8-7-10-22(23)18(4)5;;;/h7-8,10-13,15-18H,6,9,14H2,1-5H3;2*1H;/q-1;;;+2/p-2. The van der Waals surface area contributed by atoms with Gasteiger partial charge in [-0.25, -0.2) is 0 Å². The van der Waals surface area contributed by atoms with E-state index in [9.17, 15) is 0 Å². The SMILES string of the molecule is CCCc1ccc2[cH-]c(CC(C)C)cc2c1-c1ccccc1C(C)C.[Cl][Zr][Cl]. The number of aryl methyl sites for hydroxylation is 1. The first-order chi connectivity index (χ1) is 13.4. The molecule has 0 bridgehead atoms. The molecule has 3 aromatic carbocycles. The first-order valence-corrected chi connectivity index (χ1v) is 16.5. The third kappa shape index (κ3) is 6.01. The average molecular weight is 494 g/mol. The second kappa shape index (κ2) is 11.6. The zero-order valence-corrected chi connectivity index (χ0v) is 21.6. The van der Waals surface area contributed by atoms with Gasteiger partial charge in [-0.2, -0.15) is 6.07 Å². The van der Waals surface area contributed by atoms with Crippen molar-refractivity contribution >= 4 is 27.8 Å². The van der Waals surface area contributed by atoms with Gasteiger partial charge in [-0.1, -0.05) is 76.4 Å². The van der Waals surface area contributed by atoms with Crippen molar-refractivity contribution in [2.45, 2.75) is 59.8 Å². The molecule has 0 heterocycles. The van der Waals surface area contributed by atoms with Crippen LogP contribution in [0.2, 0.25) is 0 Å². The van der Waals surface area contributed by atoms with Crippen LogP contribution in [0, 0.1) is 5.92 Å². The molecule has 0 saturated heterocycles. The third-order valence-electron chi connectivity index (χ3n) is 5.05. The van der Waals surface area contributed by atoms with Crippen LogP contribution >= 0.6 is 17.0 Å². The van der Waals surface area contributed by atoms with Gasteiger partial charge < -0.3 is 0 Å². The second-order valence-electron chi connectivity index (χ2n) is 8.13. The summed E-state index contributed by atoms with van der Waals surface area (Å²) in [6, 6.07) is 18.5. The van der Waals surface area contributed by atoms with E-state index in [1.54, 1.807) is 0 Å². The molecule has 0 unspecified atom stereocenters. The third-order valence-corrected chi connectivity index (χ3v) is 5.05. The summed E-state index contributed by atoms with van der Waals surface area (Å²) in [7, 11) is 9.87. The van der Waals surface area contributed by atoms with Crippen molar-refractivity contribution in [3.8, 4) is 11.1 Å². The molecule has 0 aliphatic carbocycles. The number of hydrogen-bond acceptors (Lipinski definition) is 0. The van der Waals surface area contributed by atoms with E-state index >= 15 is 0 Å². The topological polar surface area (TPSA) is 0 Å². The second-order valence-corrected chi connectivity index (χ2v) is 11.9. The van der Waals surface area contributed by atoms with Gasteiger partial charge in [-0.05, 0) is 35.8 Å². The summed E-state index contributed by atoms with van der Waals surface area (Å²) < 4.78 is 0. The summed E-state index contributed by atoms with van der Waals surface area (Å²) in [4.78, 5) is 0. The first kappa shape index (κ1) is 23.8. The molecule has 3 heteroatoms. The molecule has 0 amide bonds. The Morgan fingerprint density at radius 1 is 1.00 bits per heavy atom. The Kier molecular flexibility index (Phi) is 9.89. The van der Waals surface area contributed by atoms with Crippen molar-refractivity contribution < 1.29 is 20.8 Å². The summed E-state index contributed by atoms with van der Waals surface area (Å²) in [5, 5.41) is 2.83. The number of rotatable bonds is 6. The normalized spacial score (nSPS) is 11.0. The van der Waals surface area contributed by atoms with Crippen molar-refractivity contribution in [2.24, 2.45) is 5.92 Å². The number of halogens is 2. The van der Waals surface area contributed by atoms with Crippen molar-refractivity contribution in [1.82, 2.24) is 0 Å². The molecule has 0 N–H and O–H groups in total. The van der Waals surface area contributed by atoms with E-state index in [2.05, 4.69) is 83.1 Å². The first-order valence-electron chi connectivity index (χ1n) is 10.2. The summed E-state index contributed by atoms with van der Waals surface area (Å²) in [5.41, 5.74) is 7.32. The summed E-state index contributed by atoms with van der Waals surface area (Å²) in [6.07, 6.45) is 3.48. The number of fused-ring (bicyclic) bond motifs is 1. The molecule has 0 aliphatic rings. The van der Waals surface area contributed by atoms with Crippen LogP contribution in [-0.4, -0.2) is 0 Å². The number of hydrogen-bond donors (Lipinski definition) is 0. The van der Waals surface area contributed by atoms with Crippen LogP contribution in [0.15, 0.2) is 48.5 Å². The van der Waals surface area contributed by atoms with Crippen LogP contribution in [-0.2, 0) is 33.7 Å². The van der Waals surface area contributed by atoms with Gasteiger partial charge in [0.15, 0.2) is 0 Å². The van der Waals surface area contributed by atoms with E-state index in [4.69, 9.17) is 17.0 Å². The molecule has 0 atom stereocenters. The Hall–Kier alpha value is -0.487. The minimum atomic E-state index is -0.826. The fourth-order valence-electron chi connectivity index (χ4n) is 4.00. The Labute approximate surface area is 189 Å². The molecule has 0 radical (unpaired) electrons. The van der Waals surface area contributed by atoms with Gasteiger partial charge in [0.1, 0.15) is 0 Å². The fourth-order valence-corrected chi connectivity index (χ4v) is 4.00. The van der Waals surface area contributed by atoms with Crippen LogP contribution < -0.4 is 0 Å². The molecular weight excluding hydrogens is 462 g/mol. The molecule has 0 saturated carbocycles. The summed E-state index contributed by atoms with van der Waals surface area (Å²) in [6.45, 7) is 11.5. The van der Waals surface area contributed by atoms with Gasteiger partial charge in [0.05, 0.1) is 0 Å². The molecular formula is C25H31Cl2Zr-. The minimum absolute atomic E-state index is 0.533. The van der Waals surface area contributed by atoms with E-state index in [-0.39, 0.29) is 0 Å². The maximum absolute atomic E-state index is 4.93. The van der Waals surface area contributed by atoms with E-state index in [0.717, 1.165) is 12.8 Å². The predicted molar refractivity (Wildman–Crippen MR) is 123 cm³/mol. The van der Waals surface area contributed by atoms with Gasteiger partial charge >= 0.3 is 37.9 Å². The Morgan fingerprint density at radius 2 is 1.68 bits per heavy atom. The van der Waals surface area contributed by atoms with Crippen LogP contribution in [0.3, 0.4) is 0 Å². The molecule has 0 aromatic heterocycles. The van der Waals surface area contributed by atoms with Gasteiger partial charge in [-0.15, -0.1) is 34.5 Å². The van der Waals surface area contributed by atoms with E-state index in [1.807, 2.05) is 0 Å². The van der Waals surface area contributed by atoms with Crippen molar-refractivity contribution in [1.29, 1.82) is 0 Å². The van der Waals surface area contributed by atoms with Crippen molar-refractivity contribution in [2.75, 3.05) is 0 Å². The molecule has 3 rings (SSSR count). The van der Waals surface area contributed by atoms with Gasteiger partial charge in [0.25, 0.3) is 0 Å². The Bertz CT molecular complexity index is 877. The van der Waals surface area contributed by atoms with Crippen LogP contribution in [0.1, 0.15) is 63.6 Å². The average Bonchev–Trinajstić information content (AvgIpc) is 3.04.